The maximum Gasteiger partial charge on any atom is 0.258 e. The lowest BCUT2D eigenvalue weighted by atomic mass is 9.56. The standard InChI is InChI=1S/C38H30Cl2F5N3O8/c1-54-18-13-22(49)25(23(14-18)55-2)26-19-7-8-20-24(34(51)47(33(20)50)17-5-3-16(4-6-17)46-9-11-56-12-10-46)21(19)15-37(39)35(52)48(36(53)38(26,37)40)32-30(44)28(42)27(41)29(43)31(32)45/h3-7,13-14,20-21,24,26,49H,8-12,15H2,1-2H3. The van der Waals surface area contributed by atoms with Gasteiger partial charge in [-0.25, -0.2) is 26.9 Å². The van der Waals surface area contributed by atoms with Crippen molar-refractivity contribution in [1.29, 1.82) is 0 Å². The first-order valence-corrected chi connectivity index (χ1v) is 18.1. The second-order valence-electron chi connectivity index (χ2n) is 14.1. The second-order valence-corrected chi connectivity index (χ2v) is 15.3. The SMILES string of the molecule is COc1cc(O)c(C2C3=CCC4C(=O)N(c5ccc(N6CCOCC6)cc5)C(=O)C4C3CC3(Cl)C(=O)N(c4c(F)c(F)c(F)c(F)c4F)C(=O)C23Cl)c(OC)c1. The third-order valence-electron chi connectivity index (χ3n) is 11.5. The molecular formula is C38H30Cl2F5N3O8. The highest BCUT2D eigenvalue weighted by atomic mass is 35.5. The molecule has 0 spiro atoms. The number of aromatic hydroxyl groups is 1. The third-order valence-corrected chi connectivity index (χ3v) is 13.0. The van der Waals surface area contributed by atoms with Crippen molar-refractivity contribution in [3.8, 4) is 17.2 Å². The maximum atomic E-state index is 15.4. The predicted molar refractivity (Wildman–Crippen MR) is 190 cm³/mol. The van der Waals surface area contributed by atoms with Gasteiger partial charge in [0.2, 0.25) is 17.6 Å². The summed E-state index contributed by atoms with van der Waals surface area (Å²) in [5.74, 6) is -23.0. The number of hydrogen-bond acceptors (Lipinski definition) is 9. The number of rotatable bonds is 6. The summed E-state index contributed by atoms with van der Waals surface area (Å²) in [6.07, 6.45) is 0.722. The van der Waals surface area contributed by atoms with E-state index in [-0.39, 0.29) is 39.6 Å². The summed E-state index contributed by atoms with van der Waals surface area (Å²) in [5, 5.41) is 11.5. The highest BCUT2D eigenvalue weighted by molar-refractivity contribution is 6.58. The Bertz CT molecular complexity index is 2240. The summed E-state index contributed by atoms with van der Waals surface area (Å²) in [7, 11) is 2.48. The van der Waals surface area contributed by atoms with E-state index in [2.05, 4.69) is 4.90 Å². The molecule has 0 aromatic heterocycles. The number of anilines is 3. The van der Waals surface area contributed by atoms with Crippen molar-refractivity contribution in [2.24, 2.45) is 17.8 Å². The molecule has 3 saturated heterocycles. The highest BCUT2D eigenvalue weighted by Crippen LogP contribution is 2.67. The molecule has 294 valence electrons. The van der Waals surface area contributed by atoms with Gasteiger partial charge in [0.25, 0.3) is 11.8 Å². The number of benzene rings is 3. The van der Waals surface area contributed by atoms with E-state index >= 15 is 8.78 Å². The van der Waals surface area contributed by atoms with Crippen LogP contribution in [0.25, 0.3) is 0 Å². The summed E-state index contributed by atoms with van der Waals surface area (Å²) in [5.41, 5.74) is -0.945. The smallest absolute Gasteiger partial charge is 0.258 e. The number of fused-ring (bicyclic) bond motifs is 4. The second kappa shape index (κ2) is 13.3. The van der Waals surface area contributed by atoms with Crippen LogP contribution in [0, 0.1) is 46.8 Å². The number of morpholine rings is 1. The summed E-state index contributed by atoms with van der Waals surface area (Å²) in [6, 6.07) is 9.17. The number of amides is 4. The monoisotopic (exact) mass is 821 g/mol. The molecule has 1 saturated carbocycles. The van der Waals surface area contributed by atoms with E-state index in [1.54, 1.807) is 24.3 Å². The molecule has 56 heavy (non-hydrogen) atoms. The molecule has 4 fully saturated rings. The number of allylic oxidation sites excluding steroid dienone is 2. The van der Waals surface area contributed by atoms with Crippen molar-refractivity contribution < 1.29 is 60.4 Å². The van der Waals surface area contributed by atoms with Crippen molar-refractivity contribution in [1.82, 2.24) is 0 Å². The number of phenolic OH excluding ortho intramolecular Hbond substituents is 1. The highest BCUT2D eigenvalue weighted by Gasteiger charge is 2.77. The molecule has 1 N–H and O–H groups in total. The van der Waals surface area contributed by atoms with Crippen LogP contribution >= 0.6 is 23.2 Å². The Morgan fingerprint density at radius 3 is 2.00 bits per heavy atom. The van der Waals surface area contributed by atoms with Gasteiger partial charge in [-0.15, -0.1) is 23.2 Å². The average molecular weight is 823 g/mol. The van der Waals surface area contributed by atoms with E-state index in [4.69, 9.17) is 37.4 Å². The quantitative estimate of drug-likeness (QED) is 0.0832. The fourth-order valence-electron chi connectivity index (χ4n) is 8.94. The van der Waals surface area contributed by atoms with E-state index in [1.807, 2.05) is 0 Å². The number of carbonyl (C=O) groups excluding carboxylic acids is 4. The van der Waals surface area contributed by atoms with Gasteiger partial charge in [-0.3, -0.25) is 24.1 Å². The molecule has 6 atom stereocenters. The van der Waals surface area contributed by atoms with E-state index in [0.717, 1.165) is 16.7 Å². The van der Waals surface area contributed by atoms with Crippen molar-refractivity contribution >= 4 is 63.9 Å². The first-order valence-electron chi connectivity index (χ1n) is 17.4. The van der Waals surface area contributed by atoms with Crippen LogP contribution < -0.4 is 24.2 Å². The van der Waals surface area contributed by atoms with Crippen LogP contribution in [-0.4, -0.2) is 79.0 Å². The van der Waals surface area contributed by atoms with Gasteiger partial charge < -0.3 is 24.2 Å². The molecule has 3 aromatic rings. The van der Waals surface area contributed by atoms with Crippen LogP contribution in [0.5, 0.6) is 17.2 Å². The molecule has 6 unspecified atom stereocenters. The number of halogens is 7. The van der Waals surface area contributed by atoms with E-state index in [1.165, 1.54) is 26.4 Å². The van der Waals surface area contributed by atoms with E-state index in [0.29, 0.717) is 26.3 Å². The minimum atomic E-state index is -2.86. The summed E-state index contributed by atoms with van der Waals surface area (Å²) in [6.45, 7) is 2.35. The first kappa shape index (κ1) is 38.0. The van der Waals surface area contributed by atoms with Crippen LogP contribution in [0.1, 0.15) is 24.3 Å². The fraction of sp³-hybridized carbons (Fsp3) is 0.368. The van der Waals surface area contributed by atoms with Gasteiger partial charge in [0.05, 0.1) is 45.0 Å². The minimum Gasteiger partial charge on any atom is -0.507 e. The number of ether oxygens (including phenoxy) is 3. The van der Waals surface area contributed by atoms with Gasteiger partial charge in [0, 0.05) is 42.4 Å². The van der Waals surface area contributed by atoms with Crippen molar-refractivity contribution in [2.45, 2.75) is 28.5 Å². The molecule has 3 heterocycles. The minimum absolute atomic E-state index is 0.0672. The maximum absolute atomic E-state index is 15.4. The summed E-state index contributed by atoms with van der Waals surface area (Å²) < 4.78 is 90.3. The first-order chi connectivity index (χ1) is 26.6. The molecule has 2 aliphatic carbocycles. The van der Waals surface area contributed by atoms with Gasteiger partial charge in [0.1, 0.15) is 22.9 Å². The molecule has 11 nitrogen and oxygen atoms in total. The number of imide groups is 2. The Labute approximate surface area is 325 Å². The lowest BCUT2D eigenvalue weighted by Gasteiger charge is -2.50. The van der Waals surface area contributed by atoms with Crippen molar-refractivity contribution in [3.05, 3.63) is 82.7 Å². The number of alkyl halides is 2. The number of phenols is 1. The van der Waals surface area contributed by atoms with E-state index in [9.17, 15) is 37.5 Å². The molecule has 3 aliphatic heterocycles. The predicted octanol–water partition coefficient (Wildman–Crippen LogP) is 5.71. The Hall–Kier alpha value is -4.93. The molecule has 4 amide bonds. The average Bonchev–Trinajstić information content (AvgIpc) is 3.54. The topological polar surface area (TPSA) is 126 Å². The molecule has 0 bridgehead atoms. The molecular weight excluding hydrogens is 792 g/mol. The lowest BCUT2D eigenvalue weighted by Crippen LogP contribution is -2.60. The Kier molecular flexibility index (Phi) is 9.04. The normalized spacial score (nSPS) is 28.7. The molecule has 8 rings (SSSR count). The van der Waals surface area contributed by atoms with Crippen LogP contribution in [-0.2, 0) is 23.9 Å². The van der Waals surface area contributed by atoms with Crippen LogP contribution in [0.3, 0.4) is 0 Å². The van der Waals surface area contributed by atoms with Gasteiger partial charge in [-0.2, -0.15) is 0 Å². The van der Waals surface area contributed by atoms with Crippen molar-refractivity contribution in [2.75, 3.05) is 55.2 Å². The Morgan fingerprint density at radius 1 is 0.786 bits per heavy atom. The Balaban J connectivity index is 1.28. The van der Waals surface area contributed by atoms with Gasteiger partial charge >= 0.3 is 0 Å². The number of nitrogens with zero attached hydrogens (tertiary/aromatic N) is 3. The molecule has 0 radical (unpaired) electrons. The summed E-state index contributed by atoms with van der Waals surface area (Å²) >= 11 is 14.4. The molecule has 5 aliphatic rings. The van der Waals surface area contributed by atoms with Crippen LogP contribution in [0.4, 0.5) is 39.0 Å². The number of carbonyl (C=O) groups is 4. The van der Waals surface area contributed by atoms with Gasteiger partial charge in [-0.1, -0.05) is 11.6 Å². The zero-order valence-corrected chi connectivity index (χ0v) is 30.9. The summed E-state index contributed by atoms with van der Waals surface area (Å²) in [4.78, 5) is 54.9. The fourth-order valence-corrected chi connectivity index (χ4v) is 9.86. The zero-order valence-electron chi connectivity index (χ0n) is 29.4. The van der Waals surface area contributed by atoms with Crippen LogP contribution in [0.15, 0.2) is 48.0 Å². The van der Waals surface area contributed by atoms with Gasteiger partial charge in [0.15, 0.2) is 33.0 Å². The number of hydrogen-bond donors (Lipinski definition) is 1. The lowest BCUT2D eigenvalue weighted by molar-refractivity contribution is -0.125. The molecule has 3 aromatic carbocycles. The zero-order chi connectivity index (χ0) is 40.2. The third kappa shape index (κ3) is 5.03. The van der Waals surface area contributed by atoms with E-state index < -0.39 is 104 Å². The number of methoxy groups -OCH3 is 2. The van der Waals surface area contributed by atoms with Gasteiger partial charge in [-0.05, 0) is 43.0 Å². The Morgan fingerprint density at radius 2 is 1.39 bits per heavy atom. The largest absolute Gasteiger partial charge is 0.507 e. The van der Waals surface area contributed by atoms with Crippen LogP contribution in [0.2, 0.25) is 0 Å². The molecule has 18 heteroatoms. The van der Waals surface area contributed by atoms with Crippen molar-refractivity contribution in [3.63, 3.8) is 0 Å².